The van der Waals surface area contributed by atoms with Gasteiger partial charge in [-0.2, -0.15) is 0 Å². The zero-order valence-electron chi connectivity index (χ0n) is 16.9. The second kappa shape index (κ2) is 10.1. The Labute approximate surface area is 194 Å². The van der Waals surface area contributed by atoms with Crippen LogP contribution in [-0.4, -0.2) is 25.9 Å². The van der Waals surface area contributed by atoms with E-state index < -0.39 is 0 Å². The van der Waals surface area contributed by atoms with Crippen LogP contribution in [0.1, 0.15) is 17.4 Å². The molecule has 0 radical (unpaired) electrons. The lowest BCUT2D eigenvalue weighted by Gasteiger charge is -2.14. The van der Waals surface area contributed by atoms with Gasteiger partial charge in [-0.3, -0.25) is 9.36 Å². The van der Waals surface area contributed by atoms with Crippen molar-refractivity contribution in [2.24, 2.45) is 0 Å². The summed E-state index contributed by atoms with van der Waals surface area (Å²) in [6.07, 6.45) is 0. The monoisotopic (exact) mass is 468 g/mol. The zero-order valence-corrected chi connectivity index (χ0v) is 19.3. The van der Waals surface area contributed by atoms with Crippen molar-refractivity contribution in [2.45, 2.75) is 30.4 Å². The topological polar surface area (TPSA) is 59.8 Å². The van der Waals surface area contributed by atoms with E-state index in [1.165, 1.54) is 11.8 Å². The number of carbonyl (C=O) groups is 1. The number of thioether (sulfide) groups is 1. The van der Waals surface area contributed by atoms with Crippen molar-refractivity contribution in [1.82, 2.24) is 20.1 Å². The molecule has 0 spiro atoms. The van der Waals surface area contributed by atoms with Crippen molar-refractivity contribution in [2.75, 3.05) is 0 Å². The van der Waals surface area contributed by atoms with Gasteiger partial charge in [0.05, 0.1) is 23.4 Å². The molecular formula is C23H21ClN4OS2. The number of halogens is 1. The molecule has 0 bridgehead atoms. The van der Waals surface area contributed by atoms with Crippen molar-refractivity contribution >= 4 is 40.6 Å². The highest BCUT2D eigenvalue weighted by Crippen LogP contribution is 2.31. The van der Waals surface area contributed by atoms with Crippen LogP contribution in [-0.2, 0) is 17.9 Å². The maximum Gasteiger partial charge on any atom is 0.233 e. The van der Waals surface area contributed by atoms with Crippen LogP contribution >= 0.6 is 34.7 Å². The molecule has 1 amide bonds. The molecule has 8 heteroatoms. The maximum absolute atomic E-state index is 12.6. The van der Waals surface area contributed by atoms with Gasteiger partial charge in [-0.1, -0.05) is 71.9 Å². The van der Waals surface area contributed by atoms with Gasteiger partial charge in [0.1, 0.15) is 0 Å². The smallest absolute Gasteiger partial charge is 0.233 e. The van der Waals surface area contributed by atoms with E-state index in [4.69, 9.17) is 11.6 Å². The van der Waals surface area contributed by atoms with E-state index in [0.717, 1.165) is 16.0 Å². The number of carbonyl (C=O) groups excluding carboxylic acids is 1. The summed E-state index contributed by atoms with van der Waals surface area (Å²) in [7, 11) is 0. The van der Waals surface area contributed by atoms with Crippen molar-refractivity contribution in [1.29, 1.82) is 0 Å². The number of hydrogen-bond acceptors (Lipinski definition) is 5. The quantitative estimate of drug-likeness (QED) is 0.346. The average Bonchev–Trinajstić information content (AvgIpc) is 3.44. The van der Waals surface area contributed by atoms with Crippen molar-refractivity contribution < 1.29 is 4.79 Å². The average molecular weight is 469 g/mol. The van der Waals surface area contributed by atoms with Crippen LogP contribution in [0.4, 0.5) is 0 Å². The molecule has 158 valence electrons. The number of nitrogens with one attached hydrogen (secondary N) is 1. The first-order chi connectivity index (χ1) is 15.1. The predicted octanol–water partition coefficient (Wildman–Crippen LogP) is 5.51. The van der Waals surface area contributed by atoms with Crippen LogP contribution in [0.15, 0.2) is 77.3 Å². The Morgan fingerprint density at radius 1 is 1.10 bits per heavy atom. The fourth-order valence-electron chi connectivity index (χ4n) is 3.07. The second-order valence-electron chi connectivity index (χ2n) is 6.92. The maximum atomic E-state index is 12.6. The van der Waals surface area contributed by atoms with Crippen LogP contribution in [0.2, 0.25) is 5.02 Å². The molecule has 0 saturated carbocycles. The normalized spacial score (nSPS) is 11.9. The molecule has 5 nitrogen and oxygen atoms in total. The van der Waals surface area contributed by atoms with Gasteiger partial charge >= 0.3 is 0 Å². The highest BCUT2D eigenvalue weighted by atomic mass is 35.5. The molecule has 1 atom stereocenters. The van der Waals surface area contributed by atoms with E-state index in [9.17, 15) is 4.79 Å². The molecule has 2 aromatic carbocycles. The van der Waals surface area contributed by atoms with Gasteiger partial charge in [-0.05, 0) is 36.1 Å². The molecule has 2 heterocycles. The first-order valence-corrected chi connectivity index (χ1v) is 11.9. The third-order valence-electron chi connectivity index (χ3n) is 4.68. The Kier molecular flexibility index (Phi) is 7.06. The highest BCUT2D eigenvalue weighted by Gasteiger charge is 2.22. The van der Waals surface area contributed by atoms with Gasteiger partial charge in [0.2, 0.25) is 5.91 Å². The van der Waals surface area contributed by atoms with E-state index in [2.05, 4.69) is 27.6 Å². The van der Waals surface area contributed by atoms with E-state index in [-0.39, 0.29) is 11.2 Å². The highest BCUT2D eigenvalue weighted by molar-refractivity contribution is 8.00. The molecule has 0 aliphatic rings. The van der Waals surface area contributed by atoms with Crippen LogP contribution in [0.5, 0.6) is 0 Å². The summed E-state index contributed by atoms with van der Waals surface area (Å²) in [5.41, 5.74) is 1.93. The van der Waals surface area contributed by atoms with Crippen molar-refractivity contribution in [3.63, 3.8) is 0 Å². The molecule has 4 aromatic rings. The van der Waals surface area contributed by atoms with Gasteiger partial charge in [-0.25, -0.2) is 0 Å². The first-order valence-electron chi connectivity index (χ1n) is 9.80. The standard InChI is InChI=1S/C23H21ClN4OS2/c1-16(22(29)25-14-18-10-7-13-30-18)31-23-27-26-21(19-11-5-6-12-20(19)24)28(23)15-17-8-3-2-4-9-17/h2-13,16H,14-15H2,1H3,(H,25,29). The Bertz CT molecular complexity index is 1150. The third kappa shape index (κ3) is 5.36. The Morgan fingerprint density at radius 2 is 1.87 bits per heavy atom. The van der Waals surface area contributed by atoms with Gasteiger partial charge < -0.3 is 5.32 Å². The fourth-order valence-corrected chi connectivity index (χ4v) is 4.81. The van der Waals surface area contributed by atoms with Gasteiger partial charge in [0.15, 0.2) is 11.0 Å². The molecule has 4 rings (SSSR count). The molecule has 0 aliphatic heterocycles. The lowest BCUT2D eigenvalue weighted by molar-refractivity contribution is -0.120. The summed E-state index contributed by atoms with van der Waals surface area (Å²) >= 11 is 9.46. The molecule has 1 unspecified atom stereocenters. The van der Waals surface area contributed by atoms with Gasteiger partial charge in [0.25, 0.3) is 0 Å². The molecule has 1 N–H and O–H groups in total. The Balaban J connectivity index is 1.57. The molecule has 0 saturated heterocycles. The predicted molar refractivity (Wildman–Crippen MR) is 127 cm³/mol. The van der Waals surface area contributed by atoms with E-state index in [0.29, 0.717) is 29.1 Å². The summed E-state index contributed by atoms with van der Waals surface area (Å²) in [4.78, 5) is 13.8. The Morgan fingerprint density at radius 3 is 2.61 bits per heavy atom. The van der Waals surface area contributed by atoms with E-state index >= 15 is 0 Å². The number of amides is 1. The zero-order chi connectivity index (χ0) is 21.6. The van der Waals surface area contributed by atoms with Crippen LogP contribution in [0.25, 0.3) is 11.4 Å². The van der Waals surface area contributed by atoms with Crippen LogP contribution < -0.4 is 5.32 Å². The van der Waals surface area contributed by atoms with Crippen molar-refractivity contribution in [3.8, 4) is 11.4 Å². The summed E-state index contributed by atoms with van der Waals surface area (Å²) in [6, 6.07) is 21.7. The first kappa shape index (κ1) is 21.6. The SMILES string of the molecule is CC(Sc1nnc(-c2ccccc2Cl)n1Cc1ccccc1)C(=O)NCc1cccs1. The number of hydrogen-bond donors (Lipinski definition) is 1. The van der Waals surface area contributed by atoms with Crippen LogP contribution in [0, 0.1) is 0 Å². The number of benzene rings is 2. The number of nitrogens with zero attached hydrogens (tertiary/aromatic N) is 3. The number of aromatic nitrogens is 3. The minimum atomic E-state index is -0.321. The molecule has 0 aliphatic carbocycles. The summed E-state index contributed by atoms with van der Waals surface area (Å²) in [5.74, 6) is 0.648. The molecular weight excluding hydrogens is 448 g/mol. The Hall–Kier alpha value is -2.61. The minimum absolute atomic E-state index is 0.0352. The third-order valence-corrected chi connectivity index (χ3v) is 6.97. The van der Waals surface area contributed by atoms with Crippen LogP contribution in [0.3, 0.4) is 0 Å². The number of thiophene rings is 1. The summed E-state index contributed by atoms with van der Waals surface area (Å²) < 4.78 is 2.02. The van der Waals surface area contributed by atoms with E-state index in [1.54, 1.807) is 11.3 Å². The molecule has 2 aromatic heterocycles. The van der Waals surface area contributed by atoms with Crippen molar-refractivity contribution in [3.05, 3.63) is 87.6 Å². The lowest BCUT2D eigenvalue weighted by atomic mass is 10.2. The lowest BCUT2D eigenvalue weighted by Crippen LogP contribution is -2.30. The molecule has 31 heavy (non-hydrogen) atoms. The summed E-state index contributed by atoms with van der Waals surface area (Å²) in [5, 5.41) is 14.8. The fraction of sp³-hybridized carbons (Fsp3) is 0.174. The minimum Gasteiger partial charge on any atom is -0.350 e. The number of rotatable bonds is 8. The van der Waals surface area contributed by atoms with Gasteiger partial charge in [0, 0.05) is 10.4 Å². The second-order valence-corrected chi connectivity index (χ2v) is 9.66. The largest absolute Gasteiger partial charge is 0.350 e. The summed E-state index contributed by atoms with van der Waals surface area (Å²) in [6.45, 7) is 2.99. The van der Waals surface area contributed by atoms with E-state index in [1.807, 2.05) is 71.5 Å². The molecule has 0 fully saturated rings. The van der Waals surface area contributed by atoms with Gasteiger partial charge in [-0.15, -0.1) is 21.5 Å².